The first kappa shape index (κ1) is 17.7. The van der Waals surface area contributed by atoms with Gasteiger partial charge in [0, 0.05) is 18.5 Å². The SMILES string of the molecule is CCN(CC)CCCNC(=O)c1sccc1C#CCCO. The van der Waals surface area contributed by atoms with Gasteiger partial charge in [0.1, 0.15) is 4.88 Å². The Kier molecular flexibility index (Phi) is 8.76. The lowest BCUT2D eigenvalue weighted by Crippen LogP contribution is -2.29. The summed E-state index contributed by atoms with van der Waals surface area (Å²) >= 11 is 1.40. The standard InChI is InChI=1S/C16H24N2O2S/c1-3-18(4-2)11-7-10-17-16(20)15-14(9-13-21-15)8-5-6-12-19/h9,13,19H,3-4,6-7,10-12H2,1-2H3,(H,17,20). The summed E-state index contributed by atoms with van der Waals surface area (Å²) in [6.45, 7) is 8.09. The Balaban J connectivity index is 2.43. The van der Waals surface area contributed by atoms with E-state index in [1.165, 1.54) is 11.3 Å². The molecule has 1 rings (SSSR count). The van der Waals surface area contributed by atoms with Gasteiger partial charge in [0.05, 0.1) is 6.61 Å². The molecule has 0 aliphatic rings. The summed E-state index contributed by atoms with van der Waals surface area (Å²) in [6, 6.07) is 1.85. The fourth-order valence-electron chi connectivity index (χ4n) is 1.92. The van der Waals surface area contributed by atoms with Gasteiger partial charge < -0.3 is 15.3 Å². The molecule has 0 aliphatic carbocycles. The lowest BCUT2D eigenvalue weighted by molar-refractivity contribution is 0.0955. The van der Waals surface area contributed by atoms with Gasteiger partial charge in [-0.3, -0.25) is 4.79 Å². The average Bonchev–Trinajstić information content (AvgIpc) is 2.96. The van der Waals surface area contributed by atoms with Gasteiger partial charge in [0.25, 0.3) is 5.91 Å². The van der Waals surface area contributed by atoms with Crippen LogP contribution in [0.25, 0.3) is 0 Å². The predicted octanol–water partition coefficient (Wildman–Crippen LogP) is 1.94. The molecule has 0 spiro atoms. The topological polar surface area (TPSA) is 52.6 Å². The van der Waals surface area contributed by atoms with Crippen LogP contribution in [0.3, 0.4) is 0 Å². The molecule has 5 heteroatoms. The van der Waals surface area contributed by atoms with Crippen molar-refractivity contribution in [3.05, 3.63) is 21.9 Å². The monoisotopic (exact) mass is 308 g/mol. The molecule has 0 saturated carbocycles. The number of amides is 1. The first-order valence-electron chi connectivity index (χ1n) is 7.40. The van der Waals surface area contributed by atoms with E-state index >= 15 is 0 Å². The number of aliphatic hydroxyl groups is 1. The second-order valence-electron chi connectivity index (χ2n) is 4.58. The van der Waals surface area contributed by atoms with E-state index in [-0.39, 0.29) is 12.5 Å². The van der Waals surface area contributed by atoms with E-state index in [2.05, 4.69) is 35.9 Å². The van der Waals surface area contributed by atoms with Crippen molar-refractivity contribution in [3.8, 4) is 11.8 Å². The molecule has 1 aromatic rings. The molecule has 1 aromatic heterocycles. The van der Waals surface area contributed by atoms with E-state index in [9.17, 15) is 4.79 Å². The Morgan fingerprint density at radius 2 is 2.19 bits per heavy atom. The highest BCUT2D eigenvalue weighted by molar-refractivity contribution is 7.12. The van der Waals surface area contributed by atoms with Crippen LogP contribution >= 0.6 is 11.3 Å². The van der Waals surface area contributed by atoms with Gasteiger partial charge >= 0.3 is 0 Å². The number of carbonyl (C=O) groups is 1. The molecule has 0 radical (unpaired) electrons. The van der Waals surface area contributed by atoms with Crippen molar-refractivity contribution in [1.29, 1.82) is 0 Å². The lowest BCUT2D eigenvalue weighted by atomic mass is 10.2. The fraction of sp³-hybridized carbons (Fsp3) is 0.562. The summed E-state index contributed by atoms with van der Waals surface area (Å²) in [7, 11) is 0. The van der Waals surface area contributed by atoms with Crippen LogP contribution in [0.4, 0.5) is 0 Å². The largest absolute Gasteiger partial charge is 0.395 e. The molecule has 0 bridgehead atoms. The normalized spacial score (nSPS) is 10.3. The van der Waals surface area contributed by atoms with Gasteiger partial charge in [0.2, 0.25) is 0 Å². The quantitative estimate of drug-likeness (QED) is 0.570. The van der Waals surface area contributed by atoms with E-state index in [4.69, 9.17) is 5.11 Å². The van der Waals surface area contributed by atoms with Crippen LogP contribution in [0.2, 0.25) is 0 Å². The zero-order chi connectivity index (χ0) is 15.5. The molecule has 4 nitrogen and oxygen atoms in total. The third-order valence-corrected chi connectivity index (χ3v) is 4.08. The fourth-order valence-corrected chi connectivity index (χ4v) is 2.69. The van der Waals surface area contributed by atoms with Gasteiger partial charge in [0.15, 0.2) is 0 Å². The maximum atomic E-state index is 12.1. The third-order valence-electron chi connectivity index (χ3n) is 3.16. The van der Waals surface area contributed by atoms with Gasteiger partial charge in [-0.15, -0.1) is 11.3 Å². The van der Waals surface area contributed by atoms with Crippen molar-refractivity contribution in [3.63, 3.8) is 0 Å². The molecule has 0 saturated heterocycles. The van der Waals surface area contributed by atoms with Crippen molar-refractivity contribution in [1.82, 2.24) is 10.2 Å². The average molecular weight is 308 g/mol. The Morgan fingerprint density at radius 1 is 1.43 bits per heavy atom. The summed E-state index contributed by atoms with van der Waals surface area (Å²) in [5.41, 5.74) is 0.745. The molecule has 116 valence electrons. The Morgan fingerprint density at radius 3 is 2.86 bits per heavy atom. The Labute approximate surface area is 131 Å². The van der Waals surface area contributed by atoms with Crippen molar-refractivity contribution in [2.24, 2.45) is 0 Å². The van der Waals surface area contributed by atoms with E-state index in [1.54, 1.807) is 0 Å². The maximum absolute atomic E-state index is 12.1. The summed E-state index contributed by atoms with van der Waals surface area (Å²) in [5, 5.41) is 13.5. The Bertz CT molecular complexity index is 484. The third kappa shape index (κ3) is 6.30. The second kappa shape index (κ2) is 10.4. The number of aliphatic hydroxyl groups excluding tert-OH is 1. The maximum Gasteiger partial charge on any atom is 0.262 e. The van der Waals surface area contributed by atoms with Crippen LogP contribution in [-0.2, 0) is 0 Å². The van der Waals surface area contributed by atoms with E-state index in [0.717, 1.165) is 31.6 Å². The minimum atomic E-state index is -0.0576. The van der Waals surface area contributed by atoms with Crippen LogP contribution in [0.1, 0.15) is 41.9 Å². The molecule has 0 unspecified atom stereocenters. The number of hydrogen-bond donors (Lipinski definition) is 2. The van der Waals surface area contributed by atoms with Crippen LogP contribution < -0.4 is 5.32 Å². The van der Waals surface area contributed by atoms with Crippen LogP contribution in [0.5, 0.6) is 0 Å². The smallest absolute Gasteiger partial charge is 0.262 e. The summed E-state index contributed by atoms with van der Waals surface area (Å²) in [6.07, 6.45) is 1.38. The zero-order valence-electron chi connectivity index (χ0n) is 12.8. The van der Waals surface area contributed by atoms with Crippen LogP contribution in [0, 0.1) is 11.8 Å². The molecular weight excluding hydrogens is 284 g/mol. The van der Waals surface area contributed by atoms with E-state index < -0.39 is 0 Å². The zero-order valence-corrected chi connectivity index (χ0v) is 13.6. The molecule has 1 amide bonds. The van der Waals surface area contributed by atoms with Gasteiger partial charge in [-0.25, -0.2) is 0 Å². The van der Waals surface area contributed by atoms with Crippen LogP contribution in [-0.4, -0.2) is 48.7 Å². The summed E-state index contributed by atoms with van der Waals surface area (Å²) in [5.74, 6) is 5.73. The summed E-state index contributed by atoms with van der Waals surface area (Å²) in [4.78, 5) is 15.1. The minimum absolute atomic E-state index is 0.0457. The first-order valence-corrected chi connectivity index (χ1v) is 8.28. The second-order valence-corrected chi connectivity index (χ2v) is 5.49. The number of carbonyl (C=O) groups excluding carboxylic acids is 1. The minimum Gasteiger partial charge on any atom is -0.395 e. The Hall–Kier alpha value is -1.35. The molecule has 2 N–H and O–H groups in total. The van der Waals surface area contributed by atoms with Crippen molar-refractivity contribution >= 4 is 17.2 Å². The van der Waals surface area contributed by atoms with Crippen molar-refractivity contribution < 1.29 is 9.90 Å². The summed E-state index contributed by atoms with van der Waals surface area (Å²) < 4.78 is 0. The number of rotatable bonds is 8. The molecule has 0 fully saturated rings. The molecular formula is C16H24N2O2S. The highest BCUT2D eigenvalue weighted by Gasteiger charge is 2.11. The number of thiophene rings is 1. The van der Waals surface area contributed by atoms with Crippen molar-refractivity contribution in [2.45, 2.75) is 26.7 Å². The van der Waals surface area contributed by atoms with Gasteiger partial charge in [-0.05, 0) is 37.5 Å². The van der Waals surface area contributed by atoms with Gasteiger partial charge in [-0.1, -0.05) is 25.7 Å². The van der Waals surface area contributed by atoms with Gasteiger partial charge in [-0.2, -0.15) is 0 Å². The molecule has 21 heavy (non-hydrogen) atoms. The molecule has 1 heterocycles. The van der Waals surface area contributed by atoms with Crippen molar-refractivity contribution in [2.75, 3.05) is 32.8 Å². The molecule has 0 aliphatic heterocycles. The highest BCUT2D eigenvalue weighted by Crippen LogP contribution is 2.15. The number of nitrogens with one attached hydrogen (secondary N) is 1. The molecule has 0 aromatic carbocycles. The number of nitrogens with zero attached hydrogens (tertiary/aromatic N) is 1. The first-order chi connectivity index (χ1) is 10.2. The van der Waals surface area contributed by atoms with Crippen LogP contribution in [0.15, 0.2) is 11.4 Å². The highest BCUT2D eigenvalue weighted by atomic mass is 32.1. The number of hydrogen-bond acceptors (Lipinski definition) is 4. The van der Waals surface area contributed by atoms with E-state index in [0.29, 0.717) is 17.8 Å². The predicted molar refractivity (Wildman–Crippen MR) is 87.6 cm³/mol. The van der Waals surface area contributed by atoms with E-state index in [1.807, 2.05) is 11.4 Å². The lowest BCUT2D eigenvalue weighted by Gasteiger charge is -2.17. The molecule has 0 atom stereocenters.